The maximum atomic E-state index is 11.0. The lowest BCUT2D eigenvalue weighted by molar-refractivity contribution is -0.139. The van der Waals surface area contributed by atoms with Gasteiger partial charge in [-0.1, -0.05) is 44.2 Å². The van der Waals surface area contributed by atoms with Crippen molar-refractivity contribution in [1.82, 2.24) is 0 Å². The van der Waals surface area contributed by atoms with Gasteiger partial charge in [0.2, 0.25) is 0 Å². The van der Waals surface area contributed by atoms with Crippen molar-refractivity contribution in [2.75, 3.05) is 0 Å². The number of benzene rings is 1. The number of hydrogen-bond acceptors (Lipinski definition) is 1. The predicted molar refractivity (Wildman–Crippen MR) is 61.3 cm³/mol. The lowest BCUT2D eigenvalue weighted by Crippen LogP contribution is -2.03. The molecule has 1 N–H and O–H groups in total. The Balaban J connectivity index is 0.00000112. The SMILES string of the molecule is CC1(C)C(C(=O)O)C1c1ccccc1.Cl. The molecule has 1 aromatic rings. The third-order valence-electron chi connectivity index (χ3n) is 3.25. The van der Waals surface area contributed by atoms with Crippen LogP contribution in [-0.4, -0.2) is 11.1 Å². The molecule has 2 unspecified atom stereocenters. The van der Waals surface area contributed by atoms with Gasteiger partial charge in [0, 0.05) is 5.92 Å². The summed E-state index contributed by atoms with van der Waals surface area (Å²) < 4.78 is 0. The number of carboxylic acid groups (broad SMARTS) is 1. The zero-order valence-corrected chi connectivity index (χ0v) is 9.62. The third kappa shape index (κ3) is 1.86. The Kier molecular flexibility index (Phi) is 3.10. The van der Waals surface area contributed by atoms with Gasteiger partial charge in [-0.3, -0.25) is 4.79 Å². The minimum absolute atomic E-state index is 0. The predicted octanol–water partition coefficient (Wildman–Crippen LogP) is 2.93. The average Bonchev–Trinajstić information content (AvgIpc) is 2.71. The fourth-order valence-corrected chi connectivity index (χ4v) is 2.38. The van der Waals surface area contributed by atoms with Gasteiger partial charge in [0.1, 0.15) is 0 Å². The van der Waals surface area contributed by atoms with Gasteiger partial charge >= 0.3 is 5.97 Å². The lowest BCUT2D eigenvalue weighted by atomic mass is 10.0. The Labute approximate surface area is 95.7 Å². The Morgan fingerprint density at radius 2 is 1.80 bits per heavy atom. The van der Waals surface area contributed by atoms with E-state index in [0.29, 0.717) is 0 Å². The molecule has 0 radical (unpaired) electrons. The zero-order chi connectivity index (χ0) is 10.3. The number of carboxylic acids is 1. The second-order valence-electron chi connectivity index (χ2n) is 4.53. The number of halogens is 1. The van der Waals surface area contributed by atoms with Crippen LogP contribution >= 0.6 is 12.4 Å². The summed E-state index contributed by atoms with van der Waals surface area (Å²) in [5, 5.41) is 9.02. The molecule has 2 nitrogen and oxygen atoms in total. The van der Waals surface area contributed by atoms with Crippen molar-refractivity contribution in [3.63, 3.8) is 0 Å². The summed E-state index contributed by atoms with van der Waals surface area (Å²) in [6, 6.07) is 9.89. The number of aliphatic carboxylic acids is 1. The molecule has 1 aliphatic carbocycles. The van der Waals surface area contributed by atoms with E-state index in [4.69, 9.17) is 5.11 Å². The molecule has 3 heteroatoms. The molecule has 1 saturated carbocycles. The van der Waals surface area contributed by atoms with Crippen LogP contribution < -0.4 is 0 Å². The molecule has 1 aliphatic rings. The van der Waals surface area contributed by atoms with Gasteiger partial charge in [0.05, 0.1) is 5.92 Å². The molecule has 1 aromatic carbocycles. The van der Waals surface area contributed by atoms with Crippen molar-refractivity contribution in [3.05, 3.63) is 35.9 Å². The van der Waals surface area contributed by atoms with E-state index in [2.05, 4.69) is 0 Å². The van der Waals surface area contributed by atoms with Crippen molar-refractivity contribution in [3.8, 4) is 0 Å². The fourth-order valence-electron chi connectivity index (χ4n) is 2.38. The van der Waals surface area contributed by atoms with E-state index in [1.807, 2.05) is 44.2 Å². The van der Waals surface area contributed by atoms with Crippen molar-refractivity contribution in [2.45, 2.75) is 19.8 Å². The van der Waals surface area contributed by atoms with E-state index in [-0.39, 0.29) is 29.7 Å². The molecule has 0 bridgehead atoms. The molecule has 0 amide bonds. The largest absolute Gasteiger partial charge is 0.481 e. The summed E-state index contributed by atoms with van der Waals surface area (Å²) >= 11 is 0. The van der Waals surface area contributed by atoms with Crippen LogP contribution in [0.3, 0.4) is 0 Å². The van der Waals surface area contributed by atoms with E-state index in [0.717, 1.165) is 5.56 Å². The molecule has 0 aliphatic heterocycles. The van der Waals surface area contributed by atoms with E-state index in [1.165, 1.54) is 0 Å². The Morgan fingerprint density at radius 3 is 2.20 bits per heavy atom. The molecule has 82 valence electrons. The summed E-state index contributed by atoms with van der Waals surface area (Å²) in [5.74, 6) is -0.713. The quantitative estimate of drug-likeness (QED) is 0.842. The molecule has 15 heavy (non-hydrogen) atoms. The fraction of sp³-hybridized carbons (Fsp3) is 0.417. The van der Waals surface area contributed by atoms with Crippen LogP contribution in [0.15, 0.2) is 30.3 Å². The average molecular weight is 227 g/mol. The molecule has 0 heterocycles. The second kappa shape index (κ2) is 3.86. The minimum atomic E-state index is -0.677. The third-order valence-corrected chi connectivity index (χ3v) is 3.25. The summed E-state index contributed by atoms with van der Waals surface area (Å²) in [6.45, 7) is 4.03. The topological polar surface area (TPSA) is 37.3 Å². The van der Waals surface area contributed by atoms with Gasteiger partial charge in [-0.25, -0.2) is 0 Å². The van der Waals surface area contributed by atoms with Gasteiger partial charge in [0.25, 0.3) is 0 Å². The maximum absolute atomic E-state index is 11.0. The zero-order valence-electron chi connectivity index (χ0n) is 8.81. The van der Waals surface area contributed by atoms with Crippen molar-refractivity contribution < 1.29 is 9.90 Å². The van der Waals surface area contributed by atoms with Crippen molar-refractivity contribution in [1.29, 1.82) is 0 Å². The van der Waals surface area contributed by atoms with Crippen molar-refractivity contribution in [2.24, 2.45) is 11.3 Å². The van der Waals surface area contributed by atoms with Gasteiger partial charge < -0.3 is 5.11 Å². The molecular formula is C12H15ClO2. The van der Waals surface area contributed by atoms with Crippen LogP contribution in [0.5, 0.6) is 0 Å². The Morgan fingerprint density at radius 1 is 1.27 bits per heavy atom. The molecule has 1 fully saturated rings. The van der Waals surface area contributed by atoms with E-state index < -0.39 is 5.97 Å². The Hall–Kier alpha value is -1.02. The first-order chi connectivity index (χ1) is 6.55. The summed E-state index contributed by atoms with van der Waals surface area (Å²) in [5.41, 5.74) is 1.05. The van der Waals surface area contributed by atoms with Crippen LogP contribution in [0.1, 0.15) is 25.3 Å². The second-order valence-corrected chi connectivity index (χ2v) is 4.53. The minimum Gasteiger partial charge on any atom is -0.481 e. The van der Waals surface area contributed by atoms with Crippen LogP contribution in [0.2, 0.25) is 0 Å². The van der Waals surface area contributed by atoms with Crippen LogP contribution in [-0.2, 0) is 4.79 Å². The highest BCUT2D eigenvalue weighted by molar-refractivity contribution is 5.85. The molecule has 2 rings (SSSR count). The standard InChI is InChI=1S/C12H14O2.ClH/c1-12(2)9(10(12)11(13)14)8-6-4-3-5-7-8;/h3-7,9-10H,1-2H3,(H,13,14);1H. The highest BCUT2D eigenvalue weighted by Gasteiger charge is 2.62. The van der Waals surface area contributed by atoms with Gasteiger partial charge in [-0.2, -0.15) is 0 Å². The molecular weight excluding hydrogens is 212 g/mol. The van der Waals surface area contributed by atoms with Crippen LogP contribution in [0.4, 0.5) is 0 Å². The van der Waals surface area contributed by atoms with Crippen molar-refractivity contribution >= 4 is 18.4 Å². The van der Waals surface area contributed by atoms with Crippen LogP contribution in [0, 0.1) is 11.3 Å². The number of carbonyl (C=O) groups is 1. The highest BCUT2D eigenvalue weighted by Crippen LogP contribution is 2.64. The Bertz CT molecular complexity index is 359. The smallest absolute Gasteiger partial charge is 0.307 e. The van der Waals surface area contributed by atoms with E-state index >= 15 is 0 Å². The normalized spacial score (nSPS) is 26.5. The van der Waals surface area contributed by atoms with Gasteiger partial charge in [-0.05, 0) is 11.0 Å². The van der Waals surface area contributed by atoms with Crippen LogP contribution in [0.25, 0.3) is 0 Å². The van der Waals surface area contributed by atoms with E-state index in [9.17, 15) is 4.79 Å². The molecule has 0 aromatic heterocycles. The first kappa shape index (κ1) is 12.1. The summed E-state index contributed by atoms with van der Waals surface area (Å²) in [4.78, 5) is 11.0. The van der Waals surface area contributed by atoms with Gasteiger partial charge in [0.15, 0.2) is 0 Å². The molecule has 0 spiro atoms. The van der Waals surface area contributed by atoms with Gasteiger partial charge in [-0.15, -0.1) is 12.4 Å². The highest BCUT2D eigenvalue weighted by atomic mass is 35.5. The maximum Gasteiger partial charge on any atom is 0.307 e. The first-order valence-corrected chi connectivity index (χ1v) is 4.83. The molecule has 2 atom stereocenters. The number of hydrogen-bond donors (Lipinski definition) is 1. The lowest BCUT2D eigenvalue weighted by Gasteiger charge is -2.01. The first-order valence-electron chi connectivity index (χ1n) is 4.83. The summed E-state index contributed by atoms with van der Waals surface area (Å²) in [6.07, 6.45) is 0. The summed E-state index contributed by atoms with van der Waals surface area (Å²) in [7, 11) is 0. The number of rotatable bonds is 2. The van der Waals surface area contributed by atoms with E-state index in [1.54, 1.807) is 0 Å². The molecule has 0 saturated heterocycles. The monoisotopic (exact) mass is 226 g/mol.